The topological polar surface area (TPSA) is 118 Å². The summed E-state index contributed by atoms with van der Waals surface area (Å²) in [6.07, 6.45) is 0. The number of rotatable bonds is 5. The van der Waals surface area contributed by atoms with E-state index in [4.69, 9.17) is 13.6 Å². The molecule has 2 aliphatic heterocycles. The summed E-state index contributed by atoms with van der Waals surface area (Å²) in [6.45, 7) is 4.15. The molecule has 10 nitrogen and oxygen atoms in total. The molecule has 0 aliphatic carbocycles. The van der Waals surface area contributed by atoms with Crippen LogP contribution in [0.4, 0.5) is 10.1 Å². The maximum atomic E-state index is 15.3. The molecule has 0 bridgehead atoms. The third-order valence-corrected chi connectivity index (χ3v) is 7.11. The molecule has 0 radical (unpaired) electrons. The fourth-order valence-electron chi connectivity index (χ4n) is 4.37. The molecular formula is C21H20FN3O7S. The number of hydrogen-bond acceptors (Lipinski definition) is 9. The van der Waals surface area contributed by atoms with Crippen LogP contribution in [0.1, 0.15) is 21.9 Å². The maximum absolute atomic E-state index is 15.3. The Hall–Kier alpha value is -3.25. The van der Waals surface area contributed by atoms with E-state index in [1.165, 1.54) is 18.9 Å². The van der Waals surface area contributed by atoms with Gasteiger partial charge in [-0.05, 0) is 13.0 Å². The van der Waals surface area contributed by atoms with Crippen molar-refractivity contribution in [1.82, 2.24) is 9.47 Å². The first-order valence-corrected chi connectivity index (χ1v) is 11.2. The number of carboxylic acid groups (broad SMARTS) is 1. The highest BCUT2D eigenvalue weighted by atomic mass is 32.2. The smallest absolute Gasteiger partial charge is 0.492 e. The molecule has 0 unspecified atom stereocenters. The van der Waals surface area contributed by atoms with Crippen molar-refractivity contribution in [3.8, 4) is 5.75 Å². The fraction of sp³-hybridized carbons (Fsp3) is 0.381. The zero-order chi connectivity index (χ0) is 23.4. The Kier molecular flexibility index (Phi) is 5.20. The summed E-state index contributed by atoms with van der Waals surface area (Å²) < 4.78 is 32.6. The fourth-order valence-corrected chi connectivity index (χ4v) is 5.31. The molecule has 0 saturated carbocycles. The number of thioether (sulfide) groups is 1. The Morgan fingerprint density at radius 2 is 1.97 bits per heavy atom. The molecule has 2 aromatic heterocycles. The van der Waals surface area contributed by atoms with E-state index in [9.17, 15) is 19.5 Å². The van der Waals surface area contributed by atoms with E-state index in [2.05, 4.69) is 4.90 Å². The molecule has 12 heteroatoms. The number of carbonyl (C=O) groups is 1. The highest BCUT2D eigenvalue weighted by Gasteiger charge is 2.33. The summed E-state index contributed by atoms with van der Waals surface area (Å²) in [5.41, 5.74) is -0.426. The average molecular weight is 477 g/mol. The van der Waals surface area contributed by atoms with E-state index in [1.54, 1.807) is 11.5 Å². The number of pyridine rings is 1. The Morgan fingerprint density at radius 3 is 2.52 bits per heavy atom. The highest BCUT2D eigenvalue weighted by Crippen LogP contribution is 2.44. The van der Waals surface area contributed by atoms with Crippen molar-refractivity contribution in [2.45, 2.75) is 24.4 Å². The molecule has 0 amide bonds. The Bertz CT molecular complexity index is 1400. The number of carboxylic acids is 1. The average Bonchev–Trinajstić information content (AvgIpc) is 3.07. The van der Waals surface area contributed by atoms with Crippen LogP contribution in [-0.4, -0.2) is 53.8 Å². The predicted octanol–water partition coefficient (Wildman–Crippen LogP) is 2.09. The van der Waals surface area contributed by atoms with Gasteiger partial charge in [0.15, 0.2) is 17.3 Å². The molecule has 1 fully saturated rings. The molecule has 33 heavy (non-hydrogen) atoms. The molecule has 4 heterocycles. The molecule has 1 N–H and O–H groups in total. The zero-order valence-corrected chi connectivity index (χ0v) is 18.7. The van der Waals surface area contributed by atoms with Crippen LogP contribution >= 0.6 is 11.8 Å². The van der Waals surface area contributed by atoms with Crippen molar-refractivity contribution in [2.75, 3.05) is 38.2 Å². The molecule has 0 atom stereocenters. The second-order valence-electron chi connectivity index (χ2n) is 7.85. The minimum Gasteiger partial charge on any atom is -0.492 e. The number of anilines is 1. The number of aryl methyl sites for hydroxylation is 1. The molecule has 1 aromatic carbocycles. The number of ether oxygens (including phenoxy) is 1. The molecule has 1 saturated heterocycles. The standard InChI is InChI=1S/C21H20FN3O7S/c1-10-13(32-21(29)31-10)8-23-3-5-24(6-4-23)16-12(22)7-11-15(18(16)30-2)25-9-33-19(25)14(17(11)26)20(27)28/h7H,3-6,8-9H2,1-2H3,(H,27,28). The second kappa shape index (κ2) is 7.96. The molecule has 174 valence electrons. The highest BCUT2D eigenvalue weighted by molar-refractivity contribution is 7.99. The van der Waals surface area contributed by atoms with E-state index in [1.807, 2.05) is 4.90 Å². The summed E-state index contributed by atoms with van der Waals surface area (Å²) in [4.78, 5) is 39.6. The SMILES string of the molecule is COc1c(N2CCN(Cc3oc(=O)oc3C)CC2)c(F)cc2c(=O)c(C(=O)O)c3n(c12)CS3. The molecule has 5 rings (SSSR count). The third kappa shape index (κ3) is 3.40. The van der Waals surface area contributed by atoms with Gasteiger partial charge in [0.2, 0.25) is 5.43 Å². The van der Waals surface area contributed by atoms with Gasteiger partial charge in [-0.15, -0.1) is 0 Å². The summed E-state index contributed by atoms with van der Waals surface area (Å²) in [7, 11) is 1.41. The molecular weight excluding hydrogens is 457 g/mol. The molecule has 0 spiro atoms. The van der Waals surface area contributed by atoms with Crippen molar-refractivity contribution in [1.29, 1.82) is 0 Å². The van der Waals surface area contributed by atoms with Crippen molar-refractivity contribution in [3.05, 3.63) is 49.8 Å². The summed E-state index contributed by atoms with van der Waals surface area (Å²) >= 11 is 1.26. The van der Waals surface area contributed by atoms with Crippen LogP contribution in [0.3, 0.4) is 0 Å². The summed E-state index contributed by atoms with van der Waals surface area (Å²) in [6, 6.07) is 1.11. The number of aromatic carboxylic acids is 1. The van der Waals surface area contributed by atoms with Gasteiger partial charge < -0.3 is 28.1 Å². The minimum absolute atomic E-state index is 0.0151. The van der Waals surface area contributed by atoms with Gasteiger partial charge in [0.25, 0.3) is 0 Å². The summed E-state index contributed by atoms with van der Waals surface area (Å²) in [5, 5.41) is 9.80. The van der Waals surface area contributed by atoms with E-state index in [0.29, 0.717) is 60.7 Å². The van der Waals surface area contributed by atoms with Crippen LogP contribution in [0.2, 0.25) is 0 Å². The number of aromatic nitrogens is 1. The lowest BCUT2D eigenvalue weighted by atomic mass is 10.1. The van der Waals surface area contributed by atoms with Crippen LogP contribution in [0.5, 0.6) is 5.75 Å². The first-order valence-electron chi connectivity index (χ1n) is 10.2. The van der Waals surface area contributed by atoms with Crippen molar-refractivity contribution < 1.29 is 27.9 Å². The van der Waals surface area contributed by atoms with E-state index in [-0.39, 0.29) is 22.4 Å². The Morgan fingerprint density at radius 1 is 1.24 bits per heavy atom. The van der Waals surface area contributed by atoms with Crippen LogP contribution in [-0.2, 0) is 12.4 Å². The summed E-state index contributed by atoms with van der Waals surface area (Å²) in [5.74, 6) is -1.16. The second-order valence-corrected chi connectivity index (χ2v) is 8.78. The quantitative estimate of drug-likeness (QED) is 0.585. The van der Waals surface area contributed by atoms with Crippen LogP contribution in [0.15, 0.2) is 29.5 Å². The van der Waals surface area contributed by atoms with Crippen LogP contribution < -0.4 is 20.9 Å². The van der Waals surface area contributed by atoms with Gasteiger partial charge in [-0.1, -0.05) is 11.8 Å². The Labute approximate surface area is 190 Å². The third-order valence-electron chi connectivity index (χ3n) is 6.02. The number of halogens is 1. The van der Waals surface area contributed by atoms with E-state index >= 15 is 4.39 Å². The van der Waals surface area contributed by atoms with Gasteiger partial charge in [-0.25, -0.2) is 14.0 Å². The maximum Gasteiger partial charge on any atom is 0.519 e. The van der Waals surface area contributed by atoms with Gasteiger partial charge in [-0.2, -0.15) is 0 Å². The lowest BCUT2D eigenvalue weighted by molar-refractivity contribution is 0.0689. The number of nitrogens with zero attached hydrogens (tertiary/aromatic N) is 3. The minimum atomic E-state index is -1.33. The first-order chi connectivity index (χ1) is 15.8. The van der Waals surface area contributed by atoms with Crippen molar-refractivity contribution in [2.24, 2.45) is 0 Å². The van der Waals surface area contributed by atoms with Gasteiger partial charge in [0.05, 0.1) is 35.5 Å². The number of fused-ring (bicyclic) bond motifs is 3. The van der Waals surface area contributed by atoms with Gasteiger partial charge >= 0.3 is 11.8 Å². The van der Waals surface area contributed by atoms with Crippen molar-refractivity contribution in [3.63, 3.8) is 0 Å². The predicted molar refractivity (Wildman–Crippen MR) is 117 cm³/mol. The monoisotopic (exact) mass is 477 g/mol. The normalized spacial score (nSPS) is 16.0. The van der Waals surface area contributed by atoms with Gasteiger partial charge in [0.1, 0.15) is 17.0 Å². The van der Waals surface area contributed by atoms with Gasteiger partial charge in [-0.3, -0.25) is 9.69 Å². The van der Waals surface area contributed by atoms with Crippen LogP contribution in [0.25, 0.3) is 10.9 Å². The lowest BCUT2D eigenvalue weighted by Crippen LogP contribution is -2.46. The Balaban J connectivity index is 1.50. The largest absolute Gasteiger partial charge is 0.519 e. The number of piperazine rings is 1. The zero-order valence-electron chi connectivity index (χ0n) is 17.8. The first kappa shape index (κ1) is 21.6. The van der Waals surface area contributed by atoms with E-state index in [0.717, 1.165) is 6.07 Å². The van der Waals surface area contributed by atoms with Gasteiger partial charge in [0, 0.05) is 26.2 Å². The van der Waals surface area contributed by atoms with E-state index < -0.39 is 23.0 Å². The number of benzene rings is 1. The number of methoxy groups -OCH3 is 1. The molecule has 3 aromatic rings. The lowest BCUT2D eigenvalue weighted by Gasteiger charge is -2.37. The van der Waals surface area contributed by atoms with Crippen molar-refractivity contribution >= 4 is 34.3 Å². The number of hydrogen-bond donors (Lipinski definition) is 1. The molecule has 2 aliphatic rings. The van der Waals surface area contributed by atoms with Crippen LogP contribution in [0, 0.1) is 12.7 Å².